The molecular weight excluding hydrogens is 261 g/mol. The second kappa shape index (κ2) is 6.47. The summed E-state index contributed by atoms with van der Waals surface area (Å²) in [5, 5.41) is 8.63. The van der Waals surface area contributed by atoms with Crippen LogP contribution in [-0.2, 0) is 11.4 Å². The van der Waals surface area contributed by atoms with Crippen LogP contribution in [0.4, 0.5) is 4.39 Å². The molecule has 102 valence electrons. The second-order valence-electron chi connectivity index (χ2n) is 4.01. The van der Waals surface area contributed by atoms with Crippen molar-refractivity contribution in [2.24, 2.45) is 0 Å². The Morgan fingerprint density at radius 1 is 1.35 bits per heavy atom. The molecule has 2 aromatic rings. The normalized spacial score (nSPS) is 10.7. The van der Waals surface area contributed by atoms with Gasteiger partial charge in [0.2, 0.25) is 0 Å². The molecule has 4 nitrogen and oxygen atoms in total. The Labute approximate surface area is 115 Å². The van der Waals surface area contributed by atoms with Crippen molar-refractivity contribution in [1.29, 1.82) is 0 Å². The van der Waals surface area contributed by atoms with Crippen LogP contribution in [0.15, 0.2) is 48.8 Å². The van der Waals surface area contributed by atoms with E-state index in [1.165, 1.54) is 18.3 Å². The summed E-state index contributed by atoms with van der Waals surface area (Å²) in [6.07, 6.45) is 5.11. The Morgan fingerprint density at radius 3 is 2.90 bits per heavy atom. The van der Waals surface area contributed by atoms with Crippen molar-refractivity contribution < 1.29 is 19.0 Å². The molecule has 1 heterocycles. The standard InChI is InChI=1S/C15H12FNO3/c16-13-7-11(8-17-9-13)10-20-14-4-2-1-3-12(14)5-6-15(18)19/h1-9H,10H2,(H,18,19)/b6-5+. The monoisotopic (exact) mass is 273 g/mol. The van der Waals surface area contributed by atoms with Crippen molar-refractivity contribution in [3.63, 3.8) is 0 Å². The van der Waals surface area contributed by atoms with E-state index in [1.807, 2.05) is 0 Å². The zero-order valence-electron chi connectivity index (χ0n) is 10.5. The van der Waals surface area contributed by atoms with Crippen LogP contribution in [0, 0.1) is 5.82 Å². The van der Waals surface area contributed by atoms with Crippen LogP contribution in [0.5, 0.6) is 5.75 Å². The van der Waals surface area contributed by atoms with Crippen LogP contribution in [0.1, 0.15) is 11.1 Å². The SMILES string of the molecule is O=C(O)/C=C/c1ccccc1OCc1cncc(F)c1. The Hall–Kier alpha value is -2.69. The second-order valence-corrected chi connectivity index (χ2v) is 4.01. The molecule has 0 aliphatic heterocycles. The van der Waals surface area contributed by atoms with E-state index in [0.29, 0.717) is 16.9 Å². The number of carboxylic acids is 1. The smallest absolute Gasteiger partial charge is 0.328 e. The van der Waals surface area contributed by atoms with Crippen LogP contribution in [0.2, 0.25) is 0 Å². The Bertz CT molecular complexity index is 641. The molecule has 0 fully saturated rings. The number of aliphatic carboxylic acids is 1. The maximum absolute atomic E-state index is 13.0. The van der Waals surface area contributed by atoms with Gasteiger partial charge in [-0.05, 0) is 18.2 Å². The average Bonchev–Trinajstić information content (AvgIpc) is 2.44. The number of pyridine rings is 1. The van der Waals surface area contributed by atoms with E-state index >= 15 is 0 Å². The number of ether oxygens (including phenoxy) is 1. The number of carboxylic acid groups (broad SMARTS) is 1. The summed E-state index contributed by atoms with van der Waals surface area (Å²) >= 11 is 0. The van der Waals surface area contributed by atoms with Gasteiger partial charge in [0.25, 0.3) is 0 Å². The number of para-hydroxylation sites is 1. The van der Waals surface area contributed by atoms with Crippen molar-refractivity contribution in [3.8, 4) is 5.75 Å². The summed E-state index contributed by atoms with van der Waals surface area (Å²) in [7, 11) is 0. The van der Waals surface area contributed by atoms with Crippen LogP contribution < -0.4 is 4.74 Å². The summed E-state index contributed by atoms with van der Waals surface area (Å²) in [6.45, 7) is 0.155. The summed E-state index contributed by atoms with van der Waals surface area (Å²) in [5.74, 6) is -0.937. The molecule has 0 unspecified atom stereocenters. The first-order valence-corrected chi connectivity index (χ1v) is 5.87. The largest absolute Gasteiger partial charge is 0.488 e. The van der Waals surface area contributed by atoms with Crippen molar-refractivity contribution in [2.45, 2.75) is 6.61 Å². The minimum atomic E-state index is -1.03. The molecule has 2 rings (SSSR count). The quantitative estimate of drug-likeness (QED) is 0.851. The number of hydrogen-bond donors (Lipinski definition) is 1. The predicted octanol–water partition coefficient (Wildman–Crippen LogP) is 2.90. The molecule has 1 aromatic carbocycles. The van der Waals surface area contributed by atoms with Gasteiger partial charge in [0.15, 0.2) is 0 Å². The number of hydrogen-bond acceptors (Lipinski definition) is 3. The van der Waals surface area contributed by atoms with Gasteiger partial charge in [-0.3, -0.25) is 4.98 Å². The van der Waals surface area contributed by atoms with Crippen LogP contribution in [0.3, 0.4) is 0 Å². The fourth-order valence-electron chi connectivity index (χ4n) is 1.61. The maximum Gasteiger partial charge on any atom is 0.328 e. The molecular formula is C15H12FNO3. The highest BCUT2D eigenvalue weighted by molar-refractivity contribution is 5.85. The first kappa shape index (κ1) is 13.7. The summed E-state index contributed by atoms with van der Waals surface area (Å²) in [4.78, 5) is 14.3. The van der Waals surface area contributed by atoms with Gasteiger partial charge < -0.3 is 9.84 Å². The van der Waals surface area contributed by atoms with Gasteiger partial charge in [0, 0.05) is 23.4 Å². The number of rotatable bonds is 5. The molecule has 0 saturated heterocycles. The van der Waals surface area contributed by atoms with Crippen LogP contribution in [-0.4, -0.2) is 16.1 Å². The third kappa shape index (κ3) is 3.91. The first-order chi connectivity index (χ1) is 9.65. The molecule has 5 heteroatoms. The van der Waals surface area contributed by atoms with Crippen molar-refractivity contribution in [2.75, 3.05) is 0 Å². The van der Waals surface area contributed by atoms with Gasteiger partial charge in [-0.1, -0.05) is 18.2 Å². The predicted molar refractivity (Wildman–Crippen MR) is 71.6 cm³/mol. The highest BCUT2D eigenvalue weighted by atomic mass is 19.1. The summed E-state index contributed by atoms with van der Waals surface area (Å²) in [5.41, 5.74) is 1.24. The number of aromatic nitrogens is 1. The van der Waals surface area contributed by atoms with Crippen LogP contribution >= 0.6 is 0 Å². The highest BCUT2D eigenvalue weighted by Crippen LogP contribution is 2.20. The molecule has 0 atom stereocenters. The fourth-order valence-corrected chi connectivity index (χ4v) is 1.61. The highest BCUT2D eigenvalue weighted by Gasteiger charge is 2.02. The van der Waals surface area contributed by atoms with E-state index in [-0.39, 0.29) is 6.61 Å². The van der Waals surface area contributed by atoms with Gasteiger partial charge in [0.1, 0.15) is 18.2 Å². The average molecular weight is 273 g/mol. The number of halogens is 1. The zero-order valence-corrected chi connectivity index (χ0v) is 10.5. The Kier molecular flexibility index (Phi) is 4.44. The van der Waals surface area contributed by atoms with Gasteiger partial charge in [-0.2, -0.15) is 0 Å². The third-order valence-corrected chi connectivity index (χ3v) is 2.48. The molecule has 20 heavy (non-hydrogen) atoms. The molecule has 0 aliphatic carbocycles. The Morgan fingerprint density at radius 2 is 2.15 bits per heavy atom. The van der Waals surface area contributed by atoms with Crippen LogP contribution in [0.25, 0.3) is 6.08 Å². The molecule has 0 spiro atoms. The molecule has 1 aromatic heterocycles. The maximum atomic E-state index is 13.0. The van der Waals surface area contributed by atoms with E-state index in [1.54, 1.807) is 24.3 Å². The molecule has 0 aliphatic rings. The number of nitrogens with zero attached hydrogens (tertiary/aromatic N) is 1. The minimum Gasteiger partial charge on any atom is -0.488 e. The van der Waals surface area contributed by atoms with Crippen molar-refractivity contribution in [1.82, 2.24) is 4.98 Å². The molecule has 0 saturated carbocycles. The minimum absolute atomic E-state index is 0.155. The fraction of sp³-hybridized carbons (Fsp3) is 0.0667. The topological polar surface area (TPSA) is 59.4 Å². The van der Waals surface area contributed by atoms with E-state index in [4.69, 9.17) is 9.84 Å². The van der Waals surface area contributed by atoms with E-state index in [0.717, 1.165) is 12.3 Å². The molecule has 1 N–H and O–H groups in total. The lowest BCUT2D eigenvalue weighted by Crippen LogP contribution is -1.98. The molecule has 0 bridgehead atoms. The van der Waals surface area contributed by atoms with Gasteiger partial charge in [-0.15, -0.1) is 0 Å². The third-order valence-electron chi connectivity index (χ3n) is 2.48. The number of carbonyl (C=O) groups is 1. The van der Waals surface area contributed by atoms with Crippen molar-refractivity contribution >= 4 is 12.0 Å². The summed E-state index contributed by atoms with van der Waals surface area (Å²) in [6, 6.07) is 8.34. The number of benzene rings is 1. The van der Waals surface area contributed by atoms with E-state index in [9.17, 15) is 9.18 Å². The van der Waals surface area contributed by atoms with Gasteiger partial charge in [0.05, 0.1) is 6.20 Å². The van der Waals surface area contributed by atoms with E-state index < -0.39 is 11.8 Å². The molecule has 0 radical (unpaired) electrons. The van der Waals surface area contributed by atoms with Crippen molar-refractivity contribution in [3.05, 3.63) is 65.7 Å². The zero-order chi connectivity index (χ0) is 14.4. The van der Waals surface area contributed by atoms with E-state index in [2.05, 4.69) is 4.98 Å². The Balaban J connectivity index is 2.11. The lowest BCUT2D eigenvalue weighted by Gasteiger charge is -2.08. The lowest BCUT2D eigenvalue weighted by atomic mass is 10.2. The lowest BCUT2D eigenvalue weighted by molar-refractivity contribution is -0.131. The van der Waals surface area contributed by atoms with Gasteiger partial charge >= 0.3 is 5.97 Å². The van der Waals surface area contributed by atoms with Gasteiger partial charge in [-0.25, -0.2) is 9.18 Å². The summed E-state index contributed by atoms with van der Waals surface area (Å²) < 4.78 is 18.5. The molecule has 0 amide bonds. The first-order valence-electron chi connectivity index (χ1n) is 5.87.